The number of likely N-dealkylation sites (N-methyl/N-ethyl adjacent to an activating group) is 1. The number of aryl methyl sites for hydroxylation is 1. The summed E-state index contributed by atoms with van der Waals surface area (Å²) in [6.07, 6.45) is 3.42. The SMILES string of the molecule is CCN1CCN(CCCCNC(=O)CCc2ccccc2N)CC1.Cl.Cl.Cl. The Balaban J connectivity index is 0. The molecular weight excluding hydrogens is 407 g/mol. The predicted octanol–water partition coefficient (Wildman–Crippen LogP) is 3.00. The molecule has 2 rings (SSSR count). The largest absolute Gasteiger partial charge is 0.399 e. The third kappa shape index (κ3) is 11.0. The molecule has 8 heteroatoms. The molecule has 5 nitrogen and oxygen atoms in total. The lowest BCUT2D eigenvalue weighted by molar-refractivity contribution is -0.121. The number of carbonyl (C=O) groups is 1. The highest BCUT2D eigenvalue weighted by Crippen LogP contribution is 2.12. The van der Waals surface area contributed by atoms with E-state index in [2.05, 4.69) is 22.0 Å². The van der Waals surface area contributed by atoms with Crippen molar-refractivity contribution < 1.29 is 4.79 Å². The van der Waals surface area contributed by atoms with Crippen LogP contribution in [0, 0.1) is 0 Å². The Morgan fingerprint density at radius 1 is 1.04 bits per heavy atom. The predicted molar refractivity (Wildman–Crippen MR) is 122 cm³/mol. The number of carbonyl (C=O) groups excluding carboxylic acids is 1. The van der Waals surface area contributed by atoms with Gasteiger partial charge < -0.3 is 20.9 Å². The van der Waals surface area contributed by atoms with Crippen LogP contribution in [0.25, 0.3) is 0 Å². The Hall–Kier alpha value is -0.720. The second-order valence-electron chi connectivity index (χ2n) is 6.53. The summed E-state index contributed by atoms with van der Waals surface area (Å²) < 4.78 is 0. The number of para-hydroxylation sites is 1. The van der Waals surface area contributed by atoms with Crippen molar-refractivity contribution in [2.75, 3.05) is 51.5 Å². The van der Waals surface area contributed by atoms with Gasteiger partial charge in [-0.3, -0.25) is 4.79 Å². The van der Waals surface area contributed by atoms with E-state index in [1.54, 1.807) is 0 Å². The van der Waals surface area contributed by atoms with Crippen LogP contribution in [0.15, 0.2) is 24.3 Å². The van der Waals surface area contributed by atoms with Crippen molar-refractivity contribution >= 4 is 48.8 Å². The van der Waals surface area contributed by atoms with Gasteiger partial charge in [0.1, 0.15) is 0 Å². The van der Waals surface area contributed by atoms with Gasteiger partial charge in [0.25, 0.3) is 0 Å². The Morgan fingerprint density at radius 2 is 1.67 bits per heavy atom. The zero-order valence-corrected chi connectivity index (χ0v) is 18.6. The minimum atomic E-state index is 0. The molecule has 1 fully saturated rings. The molecule has 0 spiro atoms. The minimum Gasteiger partial charge on any atom is -0.399 e. The average molecular weight is 442 g/mol. The maximum atomic E-state index is 11.9. The lowest BCUT2D eigenvalue weighted by Gasteiger charge is -2.33. The summed E-state index contributed by atoms with van der Waals surface area (Å²) >= 11 is 0. The summed E-state index contributed by atoms with van der Waals surface area (Å²) in [7, 11) is 0. The minimum absolute atomic E-state index is 0. The van der Waals surface area contributed by atoms with Crippen molar-refractivity contribution in [3.63, 3.8) is 0 Å². The highest BCUT2D eigenvalue weighted by molar-refractivity contribution is 5.86. The molecule has 1 heterocycles. The van der Waals surface area contributed by atoms with Gasteiger partial charge >= 0.3 is 0 Å². The standard InChI is InChI=1S/C19H32N4O.3ClH/c1-2-22-13-15-23(16-14-22)12-6-5-11-21-19(24)10-9-17-7-3-4-8-18(17)20;;;/h3-4,7-8H,2,5-6,9-16,20H2,1H3,(H,21,24);3*1H. The second kappa shape index (κ2) is 16.3. The summed E-state index contributed by atoms with van der Waals surface area (Å²) in [4.78, 5) is 16.9. The van der Waals surface area contributed by atoms with Crippen LogP contribution in [0.3, 0.4) is 0 Å². The number of nitrogens with two attached hydrogens (primary N) is 1. The summed E-state index contributed by atoms with van der Waals surface area (Å²) in [5, 5.41) is 3.02. The van der Waals surface area contributed by atoms with Crippen LogP contribution in [0.2, 0.25) is 0 Å². The van der Waals surface area contributed by atoms with E-state index in [4.69, 9.17) is 5.73 Å². The van der Waals surface area contributed by atoms with E-state index in [1.165, 1.54) is 26.2 Å². The van der Waals surface area contributed by atoms with Gasteiger partial charge in [0.2, 0.25) is 5.91 Å². The van der Waals surface area contributed by atoms with E-state index in [-0.39, 0.29) is 43.1 Å². The maximum absolute atomic E-state index is 11.9. The smallest absolute Gasteiger partial charge is 0.220 e. The lowest BCUT2D eigenvalue weighted by Crippen LogP contribution is -2.46. The monoisotopic (exact) mass is 440 g/mol. The maximum Gasteiger partial charge on any atom is 0.220 e. The average Bonchev–Trinajstić information content (AvgIpc) is 2.61. The number of halogens is 3. The molecule has 27 heavy (non-hydrogen) atoms. The highest BCUT2D eigenvalue weighted by atomic mass is 35.5. The summed E-state index contributed by atoms with van der Waals surface area (Å²) in [6.45, 7) is 10.0. The van der Waals surface area contributed by atoms with Gasteiger partial charge in [-0.2, -0.15) is 0 Å². The summed E-state index contributed by atoms with van der Waals surface area (Å²) in [5.41, 5.74) is 7.72. The fourth-order valence-corrected chi connectivity index (χ4v) is 3.12. The number of nitrogens with one attached hydrogen (secondary N) is 1. The van der Waals surface area contributed by atoms with Crippen molar-refractivity contribution in [2.24, 2.45) is 0 Å². The highest BCUT2D eigenvalue weighted by Gasteiger charge is 2.14. The van der Waals surface area contributed by atoms with Crippen LogP contribution in [-0.2, 0) is 11.2 Å². The molecular formula is C19H35Cl3N4O. The Labute approximate surface area is 182 Å². The molecule has 1 amide bonds. The quantitative estimate of drug-likeness (QED) is 0.457. The van der Waals surface area contributed by atoms with Gasteiger partial charge in [0.05, 0.1) is 0 Å². The number of amides is 1. The number of rotatable bonds is 9. The first-order chi connectivity index (χ1) is 11.7. The molecule has 158 valence electrons. The van der Waals surface area contributed by atoms with Crippen LogP contribution < -0.4 is 11.1 Å². The van der Waals surface area contributed by atoms with Crippen LogP contribution >= 0.6 is 37.2 Å². The number of benzene rings is 1. The zero-order valence-electron chi connectivity index (χ0n) is 16.2. The molecule has 0 unspecified atom stereocenters. The molecule has 0 saturated carbocycles. The normalized spacial score (nSPS) is 14.4. The van der Waals surface area contributed by atoms with Gasteiger partial charge in [-0.15, -0.1) is 37.2 Å². The van der Waals surface area contributed by atoms with Crippen molar-refractivity contribution in [3.05, 3.63) is 29.8 Å². The third-order valence-electron chi connectivity index (χ3n) is 4.81. The lowest BCUT2D eigenvalue weighted by atomic mass is 10.1. The Morgan fingerprint density at radius 3 is 2.30 bits per heavy atom. The molecule has 1 aromatic rings. The van der Waals surface area contributed by atoms with Crippen LogP contribution in [0.4, 0.5) is 5.69 Å². The number of nitrogen functional groups attached to an aromatic ring is 1. The van der Waals surface area contributed by atoms with Crippen molar-refractivity contribution in [1.82, 2.24) is 15.1 Å². The zero-order chi connectivity index (χ0) is 17.2. The van der Waals surface area contributed by atoms with E-state index in [0.29, 0.717) is 12.8 Å². The number of hydrogen-bond acceptors (Lipinski definition) is 4. The van der Waals surface area contributed by atoms with Crippen molar-refractivity contribution in [1.29, 1.82) is 0 Å². The molecule has 1 aliphatic heterocycles. The van der Waals surface area contributed by atoms with E-state index in [0.717, 1.165) is 43.7 Å². The van der Waals surface area contributed by atoms with E-state index >= 15 is 0 Å². The molecule has 1 aromatic carbocycles. The summed E-state index contributed by atoms with van der Waals surface area (Å²) in [5.74, 6) is 0.120. The van der Waals surface area contributed by atoms with Gasteiger partial charge in [-0.05, 0) is 44.0 Å². The van der Waals surface area contributed by atoms with Crippen LogP contribution in [0.1, 0.15) is 31.7 Å². The van der Waals surface area contributed by atoms with E-state index in [9.17, 15) is 4.79 Å². The van der Waals surface area contributed by atoms with Crippen LogP contribution in [0.5, 0.6) is 0 Å². The molecule has 0 radical (unpaired) electrons. The topological polar surface area (TPSA) is 61.6 Å². The van der Waals surface area contributed by atoms with Crippen LogP contribution in [-0.4, -0.2) is 61.5 Å². The molecule has 0 atom stereocenters. The van der Waals surface area contributed by atoms with Crippen molar-refractivity contribution in [3.8, 4) is 0 Å². The number of anilines is 1. The number of hydrogen-bond donors (Lipinski definition) is 2. The Kier molecular flexibility index (Phi) is 17.2. The second-order valence-corrected chi connectivity index (χ2v) is 6.53. The fourth-order valence-electron chi connectivity index (χ4n) is 3.12. The van der Waals surface area contributed by atoms with Gasteiger partial charge in [-0.1, -0.05) is 25.1 Å². The molecule has 3 N–H and O–H groups in total. The van der Waals surface area contributed by atoms with Gasteiger partial charge in [0, 0.05) is 44.8 Å². The molecule has 1 aliphatic rings. The summed E-state index contributed by atoms with van der Waals surface area (Å²) in [6, 6.07) is 7.75. The molecule has 0 aromatic heterocycles. The van der Waals surface area contributed by atoms with E-state index < -0.39 is 0 Å². The number of unbranched alkanes of at least 4 members (excludes halogenated alkanes) is 1. The first-order valence-electron chi connectivity index (χ1n) is 9.24. The molecule has 0 aliphatic carbocycles. The first-order valence-corrected chi connectivity index (χ1v) is 9.24. The van der Waals surface area contributed by atoms with Gasteiger partial charge in [-0.25, -0.2) is 0 Å². The first kappa shape index (κ1) is 28.5. The Bertz CT molecular complexity index is 511. The molecule has 0 bridgehead atoms. The number of piperazine rings is 1. The third-order valence-corrected chi connectivity index (χ3v) is 4.81. The fraction of sp³-hybridized carbons (Fsp3) is 0.632. The van der Waals surface area contributed by atoms with E-state index in [1.807, 2.05) is 24.3 Å². The number of nitrogens with zero attached hydrogens (tertiary/aromatic N) is 2. The van der Waals surface area contributed by atoms with Crippen molar-refractivity contribution in [2.45, 2.75) is 32.6 Å². The van der Waals surface area contributed by atoms with Gasteiger partial charge in [0.15, 0.2) is 0 Å². The molecule has 1 saturated heterocycles.